The second-order valence-electron chi connectivity index (χ2n) is 8.62. The number of carbonyl (C=O) groups is 1. The lowest BCUT2D eigenvalue weighted by atomic mass is 9.82. The van der Waals surface area contributed by atoms with E-state index >= 15 is 0 Å². The van der Waals surface area contributed by atoms with Crippen molar-refractivity contribution in [3.8, 4) is 0 Å². The van der Waals surface area contributed by atoms with Gasteiger partial charge in [-0.05, 0) is 68.6 Å². The number of amides is 1. The van der Waals surface area contributed by atoms with Crippen LogP contribution in [0.3, 0.4) is 0 Å². The molecule has 25 heavy (non-hydrogen) atoms. The van der Waals surface area contributed by atoms with E-state index < -0.39 is 0 Å². The molecule has 0 N–H and O–H groups in total. The number of nitrogens with zero attached hydrogens (tertiary/aromatic N) is 2. The molecule has 0 saturated heterocycles. The van der Waals surface area contributed by atoms with Gasteiger partial charge in [0.1, 0.15) is 0 Å². The fourth-order valence-electron chi connectivity index (χ4n) is 6.72. The second-order valence-corrected chi connectivity index (χ2v) is 9.80. The molecule has 0 radical (unpaired) electrons. The van der Waals surface area contributed by atoms with E-state index in [1.807, 2.05) is 0 Å². The molecule has 1 heterocycles. The van der Waals surface area contributed by atoms with Crippen molar-refractivity contribution in [2.24, 2.45) is 46.4 Å². The van der Waals surface area contributed by atoms with Gasteiger partial charge in [0.15, 0.2) is 4.80 Å². The maximum atomic E-state index is 13.0. The molecule has 5 rings (SSSR count). The molecule has 1 aromatic heterocycles. The fourth-order valence-corrected chi connectivity index (χ4v) is 7.72. The highest BCUT2D eigenvalue weighted by Crippen LogP contribution is 2.75. The highest BCUT2D eigenvalue weighted by atomic mass is 32.1. The molecule has 0 spiro atoms. The summed E-state index contributed by atoms with van der Waals surface area (Å²) in [5.41, 5.74) is 1.21. The van der Waals surface area contributed by atoms with Crippen LogP contribution in [-0.4, -0.2) is 24.2 Å². The summed E-state index contributed by atoms with van der Waals surface area (Å²) in [6.45, 7) is 5.64. The number of rotatable bonds is 4. The van der Waals surface area contributed by atoms with Gasteiger partial charge in [-0.25, -0.2) is 0 Å². The number of aromatic nitrogens is 1. The van der Waals surface area contributed by atoms with Crippen LogP contribution in [-0.2, 0) is 16.1 Å². The van der Waals surface area contributed by atoms with Crippen LogP contribution in [0.15, 0.2) is 4.99 Å². The Hall–Kier alpha value is -0.940. The normalized spacial score (nSPS) is 41.2. The number of methoxy groups -OCH3 is 1. The van der Waals surface area contributed by atoms with Crippen molar-refractivity contribution in [3.63, 3.8) is 0 Å². The van der Waals surface area contributed by atoms with Crippen molar-refractivity contribution in [3.05, 3.63) is 15.4 Å². The fraction of sp³-hybridized carbons (Fsp3) is 0.800. The maximum absolute atomic E-state index is 13.0. The largest absolute Gasteiger partial charge is 0.383 e. The Kier molecular flexibility index (Phi) is 3.76. The van der Waals surface area contributed by atoms with Gasteiger partial charge in [0, 0.05) is 30.1 Å². The molecule has 0 aromatic carbocycles. The molecular formula is C20H28N2O2S. The zero-order valence-corrected chi connectivity index (χ0v) is 16.2. The molecule has 6 atom stereocenters. The summed E-state index contributed by atoms with van der Waals surface area (Å²) in [6, 6.07) is 0. The van der Waals surface area contributed by atoms with Gasteiger partial charge in [0.25, 0.3) is 5.91 Å². The predicted molar refractivity (Wildman–Crippen MR) is 97.1 cm³/mol. The summed E-state index contributed by atoms with van der Waals surface area (Å²) in [5, 5.41) is 0. The van der Waals surface area contributed by atoms with Gasteiger partial charge in [-0.2, -0.15) is 4.99 Å². The highest BCUT2D eigenvalue weighted by Gasteiger charge is 2.73. The Labute approximate surface area is 153 Å². The first-order chi connectivity index (χ1) is 12.1. The van der Waals surface area contributed by atoms with Gasteiger partial charge < -0.3 is 9.30 Å². The molecule has 5 heteroatoms. The molecule has 4 fully saturated rings. The lowest BCUT2D eigenvalue weighted by molar-refractivity contribution is -0.120. The molecule has 0 aliphatic heterocycles. The topological polar surface area (TPSA) is 43.6 Å². The molecule has 6 unspecified atom stereocenters. The van der Waals surface area contributed by atoms with E-state index in [4.69, 9.17) is 4.74 Å². The monoisotopic (exact) mass is 360 g/mol. The predicted octanol–water partition coefficient (Wildman–Crippen LogP) is 3.17. The van der Waals surface area contributed by atoms with Crippen molar-refractivity contribution >= 4 is 17.2 Å². The van der Waals surface area contributed by atoms with Gasteiger partial charge in [-0.1, -0.05) is 6.42 Å². The highest BCUT2D eigenvalue weighted by molar-refractivity contribution is 7.09. The van der Waals surface area contributed by atoms with Crippen molar-refractivity contribution in [2.45, 2.75) is 46.1 Å². The Balaban J connectivity index is 1.39. The summed E-state index contributed by atoms with van der Waals surface area (Å²) in [5.74, 6) is 5.34. The summed E-state index contributed by atoms with van der Waals surface area (Å²) in [6.07, 6.45) is 5.69. The van der Waals surface area contributed by atoms with E-state index in [-0.39, 0.29) is 11.8 Å². The van der Waals surface area contributed by atoms with E-state index in [1.165, 1.54) is 36.3 Å². The van der Waals surface area contributed by atoms with Crippen molar-refractivity contribution < 1.29 is 9.53 Å². The quantitative estimate of drug-likeness (QED) is 0.828. The van der Waals surface area contributed by atoms with Crippen LogP contribution in [0.2, 0.25) is 0 Å². The second kappa shape index (κ2) is 5.78. The van der Waals surface area contributed by atoms with Crippen LogP contribution < -0.4 is 4.80 Å². The molecule has 1 amide bonds. The van der Waals surface area contributed by atoms with Crippen molar-refractivity contribution in [2.75, 3.05) is 13.7 Å². The van der Waals surface area contributed by atoms with E-state index in [1.54, 1.807) is 18.4 Å². The number of carbonyl (C=O) groups excluding carboxylic acids is 1. The van der Waals surface area contributed by atoms with E-state index in [0.717, 1.165) is 35.0 Å². The van der Waals surface area contributed by atoms with Gasteiger partial charge in [0.05, 0.1) is 6.61 Å². The number of hydrogen-bond acceptors (Lipinski definition) is 3. The Bertz CT molecular complexity index is 757. The minimum absolute atomic E-state index is 0.164. The Morgan fingerprint density at radius 2 is 1.88 bits per heavy atom. The number of hydrogen-bond donors (Lipinski definition) is 0. The number of fused-ring (bicyclic) bond motifs is 8. The summed E-state index contributed by atoms with van der Waals surface area (Å²) in [4.78, 5) is 19.7. The zero-order valence-electron chi connectivity index (χ0n) is 15.4. The molecule has 4 aliphatic carbocycles. The molecule has 136 valence electrons. The van der Waals surface area contributed by atoms with Crippen LogP contribution in [0, 0.1) is 55.3 Å². The molecule has 4 nitrogen and oxygen atoms in total. The van der Waals surface area contributed by atoms with E-state index in [9.17, 15) is 4.79 Å². The molecule has 2 bridgehead atoms. The first-order valence-corrected chi connectivity index (χ1v) is 10.7. The van der Waals surface area contributed by atoms with E-state index in [2.05, 4.69) is 23.4 Å². The van der Waals surface area contributed by atoms with Gasteiger partial charge >= 0.3 is 0 Å². The minimum atomic E-state index is 0.164. The van der Waals surface area contributed by atoms with Crippen molar-refractivity contribution in [1.82, 2.24) is 4.57 Å². The number of ether oxygens (including phenoxy) is 1. The van der Waals surface area contributed by atoms with Crippen LogP contribution in [0.4, 0.5) is 0 Å². The van der Waals surface area contributed by atoms with Gasteiger partial charge in [0.2, 0.25) is 0 Å². The van der Waals surface area contributed by atoms with Crippen LogP contribution in [0.1, 0.15) is 36.3 Å². The van der Waals surface area contributed by atoms with Crippen LogP contribution in [0.25, 0.3) is 0 Å². The van der Waals surface area contributed by atoms with Gasteiger partial charge in [-0.15, -0.1) is 11.3 Å². The average Bonchev–Trinajstić information content (AvgIpc) is 2.93. The van der Waals surface area contributed by atoms with Gasteiger partial charge in [-0.3, -0.25) is 4.79 Å². The third kappa shape index (κ3) is 2.27. The molecular weight excluding hydrogens is 332 g/mol. The maximum Gasteiger partial charge on any atom is 0.252 e. The van der Waals surface area contributed by atoms with E-state index in [0.29, 0.717) is 18.4 Å². The first-order valence-electron chi connectivity index (χ1n) is 9.86. The SMILES string of the molecule is COCCn1c(C)c(C)sc1=NC(=O)C1C2C3CC(C4CCCC43)C12. The molecule has 4 saturated carbocycles. The molecule has 1 aromatic rings. The summed E-state index contributed by atoms with van der Waals surface area (Å²) in [7, 11) is 1.72. The first kappa shape index (κ1) is 16.2. The average molecular weight is 361 g/mol. The number of aryl methyl sites for hydroxylation is 1. The summed E-state index contributed by atoms with van der Waals surface area (Å²) >= 11 is 1.65. The molecule has 4 aliphatic rings. The standard InChI is InChI=1S/C20H28N2O2S/c1-10-11(2)25-20(22(10)7-8-24-3)21-19(23)18-16-14-9-15(17(16)18)13-6-4-5-12(13)14/h12-18H,4-9H2,1-3H3. The minimum Gasteiger partial charge on any atom is -0.383 e. The van der Waals surface area contributed by atoms with Crippen LogP contribution >= 0.6 is 11.3 Å². The summed E-state index contributed by atoms with van der Waals surface area (Å²) < 4.78 is 7.38. The lowest BCUT2D eigenvalue weighted by Gasteiger charge is -2.23. The van der Waals surface area contributed by atoms with Crippen molar-refractivity contribution in [1.29, 1.82) is 0 Å². The third-order valence-corrected chi connectivity index (χ3v) is 8.89. The Morgan fingerprint density at radius 3 is 2.52 bits per heavy atom. The van der Waals surface area contributed by atoms with Crippen LogP contribution in [0.5, 0.6) is 0 Å². The third-order valence-electron chi connectivity index (χ3n) is 7.79. The zero-order chi connectivity index (χ0) is 17.3. The lowest BCUT2D eigenvalue weighted by Crippen LogP contribution is -2.22. The smallest absolute Gasteiger partial charge is 0.252 e. The number of thiazole rings is 1. The Morgan fingerprint density at radius 1 is 1.20 bits per heavy atom.